The number of aromatic amines is 1. The monoisotopic (exact) mass is 383 g/mol. The molecule has 0 saturated heterocycles. The molecule has 1 heterocycles. The van der Waals surface area contributed by atoms with Crippen LogP contribution < -0.4 is 5.43 Å². The van der Waals surface area contributed by atoms with Crippen molar-refractivity contribution < 1.29 is 9.72 Å². The van der Waals surface area contributed by atoms with Crippen LogP contribution >= 0.6 is 11.6 Å². The first-order chi connectivity index (χ1) is 12.9. The summed E-state index contributed by atoms with van der Waals surface area (Å²) in [5, 5.41) is 21.5. The smallest absolute Gasteiger partial charge is 0.272 e. The number of nitro benzene ring substituents is 1. The topological polar surface area (TPSA) is 113 Å². The van der Waals surface area contributed by atoms with Gasteiger partial charge in [-0.3, -0.25) is 20.0 Å². The molecule has 0 atom stereocenters. The average molecular weight is 384 g/mol. The van der Waals surface area contributed by atoms with E-state index in [2.05, 4.69) is 20.7 Å². The molecule has 0 aliphatic rings. The molecule has 2 N–H and O–H groups in total. The van der Waals surface area contributed by atoms with Crippen LogP contribution in [-0.4, -0.2) is 27.2 Å². The Morgan fingerprint density at radius 3 is 2.70 bits per heavy atom. The molecule has 9 heteroatoms. The normalized spacial score (nSPS) is 10.9. The van der Waals surface area contributed by atoms with E-state index in [-0.39, 0.29) is 16.4 Å². The summed E-state index contributed by atoms with van der Waals surface area (Å²) < 4.78 is 0. The number of amides is 1. The first kappa shape index (κ1) is 18.3. The maximum Gasteiger partial charge on any atom is 0.289 e. The fourth-order valence-corrected chi connectivity index (χ4v) is 2.47. The predicted octanol–water partition coefficient (Wildman–Crippen LogP) is 3.71. The van der Waals surface area contributed by atoms with Gasteiger partial charge < -0.3 is 0 Å². The Morgan fingerprint density at radius 2 is 2.00 bits per heavy atom. The van der Waals surface area contributed by atoms with Crippen molar-refractivity contribution in [3.63, 3.8) is 0 Å². The molecule has 3 rings (SSSR count). The van der Waals surface area contributed by atoms with Gasteiger partial charge in [0.1, 0.15) is 10.7 Å². The number of nitro groups is 1. The van der Waals surface area contributed by atoms with Crippen molar-refractivity contribution in [3.05, 3.63) is 80.5 Å². The summed E-state index contributed by atoms with van der Waals surface area (Å²) >= 11 is 5.75. The van der Waals surface area contributed by atoms with E-state index in [4.69, 9.17) is 11.6 Å². The second-order valence-electron chi connectivity index (χ2n) is 5.70. The maximum atomic E-state index is 12.1. The lowest BCUT2D eigenvalue weighted by Crippen LogP contribution is -2.18. The second kappa shape index (κ2) is 7.79. The van der Waals surface area contributed by atoms with Crippen LogP contribution in [0.3, 0.4) is 0 Å². The van der Waals surface area contributed by atoms with Gasteiger partial charge in [-0.15, -0.1) is 0 Å². The van der Waals surface area contributed by atoms with Gasteiger partial charge in [-0.1, -0.05) is 47.5 Å². The molecule has 3 aromatic rings. The van der Waals surface area contributed by atoms with E-state index in [1.807, 2.05) is 31.2 Å². The fourth-order valence-electron chi connectivity index (χ4n) is 2.29. The van der Waals surface area contributed by atoms with E-state index in [1.54, 1.807) is 12.1 Å². The molecule has 27 heavy (non-hydrogen) atoms. The maximum absolute atomic E-state index is 12.1. The molecule has 2 aromatic carbocycles. The van der Waals surface area contributed by atoms with Crippen molar-refractivity contribution in [1.29, 1.82) is 0 Å². The first-order valence-electron chi connectivity index (χ1n) is 7.84. The molecule has 1 aromatic heterocycles. The lowest BCUT2D eigenvalue weighted by molar-refractivity contribution is -0.384. The lowest BCUT2D eigenvalue weighted by atomic mass is 10.1. The zero-order valence-electron chi connectivity index (χ0n) is 14.1. The quantitative estimate of drug-likeness (QED) is 0.397. The molecule has 0 unspecified atom stereocenters. The number of benzene rings is 2. The largest absolute Gasteiger partial charge is 0.289 e. The van der Waals surface area contributed by atoms with Gasteiger partial charge in [0.05, 0.1) is 16.8 Å². The number of H-pyrrole nitrogens is 1. The number of hydrogen-bond donors (Lipinski definition) is 2. The number of rotatable bonds is 5. The van der Waals surface area contributed by atoms with E-state index in [9.17, 15) is 14.9 Å². The first-order valence-corrected chi connectivity index (χ1v) is 8.21. The highest BCUT2D eigenvalue weighted by Crippen LogP contribution is 2.24. The molecule has 0 saturated carbocycles. The molecular formula is C18H14ClN5O3. The number of aromatic nitrogens is 2. The van der Waals surface area contributed by atoms with Gasteiger partial charge in [0.25, 0.3) is 11.6 Å². The van der Waals surface area contributed by atoms with Gasteiger partial charge in [0.15, 0.2) is 0 Å². The zero-order chi connectivity index (χ0) is 19.4. The predicted molar refractivity (Wildman–Crippen MR) is 102 cm³/mol. The number of aryl methyl sites for hydroxylation is 1. The summed E-state index contributed by atoms with van der Waals surface area (Å²) in [4.78, 5) is 22.4. The van der Waals surface area contributed by atoms with E-state index >= 15 is 0 Å². The van der Waals surface area contributed by atoms with E-state index in [0.29, 0.717) is 11.3 Å². The number of carbonyl (C=O) groups excluding carboxylic acids is 1. The van der Waals surface area contributed by atoms with E-state index in [0.717, 1.165) is 11.1 Å². The summed E-state index contributed by atoms with van der Waals surface area (Å²) in [6.07, 6.45) is 1.29. The number of hydrogen-bond acceptors (Lipinski definition) is 5. The van der Waals surface area contributed by atoms with Gasteiger partial charge in [0.2, 0.25) is 0 Å². The van der Waals surface area contributed by atoms with Crippen LogP contribution in [-0.2, 0) is 0 Å². The van der Waals surface area contributed by atoms with Crippen LogP contribution in [0.15, 0.2) is 53.6 Å². The molecule has 0 spiro atoms. The minimum Gasteiger partial charge on any atom is -0.272 e. The summed E-state index contributed by atoms with van der Waals surface area (Å²) in [5.74, 6) is -0.486. The Bertz CT molecular complexity index is 1030. The van der Waals surface area contributed by atoms with Crippen LogP contribution in [0.5, 0.6) is 0 Å². The molecule has 8 nitrogen and oxygen atoms in total. The fraction of sp³-hybridized carbons (Fsp3) is 0.0556. The van der Waals surface area contributed by atoms with Crippen molar-refractivity contribution in [2.24, 2.45) is 5.10 Å². The van der Waals surface area contributed by atoms with Gasteiger partial charge in [-0.05, 0) is 19.1 Å². The summed E-state index contributed by atoms with van der Waals surface area (Å²) in [6, 6.07) is 13.6. The van der Waals surface area contributed by atoms with Gasteiger partial charge in [-0.2, -0.15) is 10.2 Å². The Kier molecular flexibility index (Phi) is 5.28. The van der Waals surface area contributed by atoms with Crippen LogP contribution in [0, 0.1) is 17.0 Å². The van der Waals surface area contributed by atoms with Gasteiger partial charge >= 0.3 is 0 Å². The van der Waals surface area contributed by atoms with Crippen LogP contribution in [0.25, 0.3) is 11.3 Å². The third-order valence-electron chi connectivity index (χ3n) is 3.72. The molecule has 0 fully saturated rings. The zero-order valence-corrected chi connectivity index (χ0v) is 14.9. The summed E-state index contributed by atoms with van der Waals surface area (Å²) in [7, 11) is 0. The van der Waals surface area contributed by atoms with Crippen molar-refractivity contribution in [3.8, 4) is 11.3 Å². The Labute approximate surface area is 159 Å². The van der Waals surface area contributed by atoms with E-state index in [1.165, 1.54) is 18.3 Å². The molecular weight excluding hydrogens is 370 g/mol. The Hall–Kier alpha value is -3.52. The molecule has 0 bridgehead atoms. The van der Waals surface area contributed by atoms with Crippen LogP contribution in [0.1, 0.15) is 21.6 Å². The molecule has 0 radical (unpaired) electrons. The standard InChI is InChI=1S/C18H14ClN5O3/c1-11-2-5-13(6-3-11)15-9-16(22-21-15)18(25)23-20-10-12-4-7-14(19)17(8-12)24(26)27/h2-10H,1H3,(H,21,22)(H,23,25)/b20-10+. The van der Waals surface area contributed by atoms with Crippen LogP contribution in [0.4, 0.5) is 5.69 Å². The van der Waals surface area contributed by atoms with Crippen LogP contribution in [0.2, 0.25) is 5.02 Å². The lowest BCUT2D eigenvalue weighted by Gasteiger charge is -1.98. The number of hydrazone groups is 1. The number of nitrogens with zero attached hydrogens (tertiary/aromatic N) is 3. The summed E-state index contributed by atoms with van der Waals surface area (Å²) in [6.45, 7) is 1.99. The highest BCUT2D eigenvalue weighted by molar-refractivity contribution is 6.32. The van der Waals surface area contributed by atoms with Gasteiger partial charge in [-0.25, -0.2) is 5.43 Å². The molecule has 1 amide bonds. The minimum absolute atomic E-state index is 0.0299. The van der Waals surface area contributed by atoms with E-state index < -0.39 is 10.8 Å². The Balaban J connectivity index is 1.68. The van der Waals surface area contributed by atoms with Crippen molar-refractivity contribution in [2.75, 3.05) is 0 Å². The molecule has 0 aliphatic heterocycles. The third kappa shape index (κ3) is 4.36. The number of halogens is 1. The van der Waals surface area contributed by atoms with Crippen molar-refractivity contribution in [2.45, 2.75) is 6.92 Å². The number of nitrogens with one attached hydrogen (secondary N) is 2. The molecule has 0 aliphatic carbocycles. The highest BCUT2D eigenvalue weighted by atomic mass is 35.5. The average Bonchev–Trinajstić information content (AvgIpc) is 3.13. The number of carbonyl (C=O) groups is 1. The highest BCUT2D eigenvalue weighted by Gasteiger charge is 2.12. The Morgan fingerprint density at radius 1 is 1.26 bits per heavy atom. The minimum atomic E-state index is -0.588. The van der Waals surface area contributed by atoms with Crippen molar-refractivity contribution in [1.82, 2.24) is 15.6 Å². The SMILES string of the molecule is Cc1ccc(-c2cc(C(=O)N/N=C/c3ccc(Cl)c([N+](=O)[O-])c3)[nH]n2)cc1. The van der Waals surface area contributed by atoms with Gasteiger partial charge in [0, 0.05) is 17.2 Å². The molecule has 136 valence electrons. The summed E-state index contributed by atoms with van der Waals surface area (Å²) in [5.41, 5.74) is 5.42. The second-order valence-corrected chi connectivity index (χ2v) is 6.11. The third-order valence-corrected chi connectivity index (χ3v) is 4.04. The van der Waals surface area contributed by atoms with Crippen molar-refractivity contribution >= 4 is 29.4 Å².